The zero-order valence-electron chi connectivity index (χ0n) is 11.6. The van der Waals surface area contributed by atoms with Gasteiger partial charge in [-0.3, -0.25) is 0 Å². The fraction of sp³-hybridized carbons (Fsp3) is 0.692. The fourth-order valence-corrected chi connectivity index (χ4v) is 2.77. The van der Waals surface area contributed by atoms with Crippen LogP contribution >= 0.6 is 11.3 Å². The van der Waals surface area contributed by atoms with Gasteiger partial charge in [0.2, 0.25) is 0 Å². The minimum Gasteiger partial charge on any atom is -0.477 e. The molecule has 0 unspecified atom stereocenters. The number of rotatable bonds is 7. The van der Waals surface area contributed by atoms with E-state index in [0.29, 0.717) is 10.6 Å². The lowest BCUT2D eigenvalue weighted by atomic mass is 10.1. The highest BCUT2D eigenvalue weighted by Gasteiger charge is 2.20. The topological polar surface area (TPSA) is 53.4 Å². The number of carboxylic acids is 1. The quantitative estimate of drug-likeness (QED) is 0.769. The standard InChI is InChI=1S/C13H22N2O2S/c1-5-6-7-8-15(4)13-14-10(9(2)3)11(18-13)12(16)17/h9H,5-8H2,1-4H3,(H,16,17). The van der Waals surface area contributed by atoms with E-state index in [9.17, 15) is 9.90 Å². The molecule has 4 nitrogen and oxygen atoms in total. The Kier molecular flexibility index (Phi) is 5.59. The van der Waals surface area contributed by atoms with Crippen molar-refractivity contribution in [3.63, 3.8) is 0 Å². The highest BCUT2D eigenvalue weighted by atomic mass is 32.1. The second-order valence-corrected chi connectivity index (χ2v) is 5.78. The molecule has 0 fully saturated rings. The van der Waals surface area contributed by atoms with E-state index >= 15 is 0 Å². The van der Waals surface area contributed by atoms with E-state index in [1.54, 1.807) is 0 Å². The first-order valence-corrected chi connectivity index (χ1v) is 7.24. The van der Waals surface area contributed by atoms with Gasteiger partial charge in [-0.05, 0) is 12.3 Å². The highest BCUT2D eigenvalue weighted by molar-refractivity contribution is 7.17. The maximum absolute atomic E-state index is 11.2. The van der Waals surface area contributed by atoms with Gasteiger partial charge in [-0.15, -0.1) is 0 Å². The van der Waals surface area contributed by atoms with E-state index in [1.165, 1.54) is 24.2 Å². The van der Waals surface area contributed by atoms with Crippen LogP contribution in [0.2, 0.25) is 0 Å². The molecule has 0 saturated heterocycles. The van der Waals surface area contributed by atoms with Crippen LogP contribution in [-0.2, 0) is 0 Å². The third kappa shape index (κ3) is 3.70. The van der Waals surface area contributed by atoms with Crippen molar-refractivity contribution >= 4 is 22.4 Å². The molecule has 1 N–H and O–H groups in total. The number of carbonyl (C=O) groups is 1. The molecule has 0 aromatic carbocycles. The fourth-order valence-electron chi connectivity index (χ4n) is 1.72. The molecule has 1 aromatic heterocycles. The minimum absolute atomic E-state index is 0.144. The van der Waals surface area contributed by atoms with Crippen molar-refractivity contribution in [2.24, 2.45) is 0 Å². The molecule has 0 aliphatic rings. The van der Waals surface area contributed by atoms with Crippen molar-refractivity contribution in [3.05, 3.63) is 10.6 Å². The molecular formula is C13H22N2O2S. The smallest absolute Gasteiger partial charge is 0.347 e. The molecule has 0 bridgehead atoms. The number of aromatic nitrogens is 1. The van der Waals surface area contributed by atoms with Crippen LogP contribution < -0.4 is 4.90 Å². The maximum atomic E-state index is 11.2. The summed E-state index contributed by atoms with van der Waals surface area (Å²) >= 11 is 1.28. The van der Waals surface area contributed by atoms with Gasteiger partial charge in [0.1, 0.15) is 4.88 Å². The van der Waals surface area contributed by atoms with Crippen molar-refractivity contribution in [1.82, 2.24) is 4.98 Å². The molecule has 0 spiro atoms. The van der Waals surface area contributed by atoms with Gasteiger partial charge in [-0.25, -0.2) is 9.78 Å². The van der Waals surface area contributed by atoms with Crippen molar-refractivity contribution in [2.45, 2.75) is 46.0 Å². The SMILES string of the molecule is CCCCCN(C)c1nc(C(C)C)c(C(=O)O)s1. The molecule has 0 atom stereocenters. The molecule has 0 aliphatic heterocycles. The van der Waals surface area contributed by atoms with Gasteiger partial charge in [0.25, 0.3) is 0 Å². The lowest BCUT2D eigenvalue weighted by Gasteiger charge is -2.14. The molecule has 1 rings (SSSR count). The number of anilines is 1. The Morgan fingerprint density at radius 3 is 2.56 bits per heavy atom. The first kappa shape index (κ1) is 15.0. The van der Waals surface area contributed by atoms with Gasteiger partial charge >= 0.3 is 5.97 Å². The molecule has 5 heteroatoms. The third-order valence-corrected chi connectivity index (χ3v) is 3.98. The first-order valence-electron chi connectivity index (χ1n) is 6.42. The number of thiazole rings is 1. The molecule has 0 saturated carbocycles. The van der Waals surface area contributed by atoms with Crippen molar-refractivity contribution in [3.8, 4) is 0 Å². The van der Waals surface area contributed by atoms with Gasteiger partial charge in [-0.2, -0.15) is 0 Å². The van der Waals surface area contributed by atoms with Crippen LogP contribution in [0.1, 0.15) is 61.3 Å². The Bertz CT molecular complexity index is 402. The molecule has 0 radical (unpaired) electrons. The number of hydrogen-bond acceptors (Lipinski definition) is 4. The lowest BCUT2D eigenvalue weighted by Crippen LogP contribution is -2.18. The van der Waals surface area contributed by atoms with E-state index in [-0.39, 0.29) is 5.92 Å². The van der Waals surface area contributed by atoms with Crippen LogP contribution in [0.3, 0.4) is 0 Å². The molecular weight excluding hydrogens is 248 g/mol. The van der Waals surface area contributed by atoms with E-state index in [0.717, 1.165) is 18.1 Å². The molecule has 102 valence electrons. The third-order valence-electron chi connectivity index (χ3n) is 2.81. The van der Waals surface area contributed by atoms with Crippen LogP contribution in [0, 0.1) is 0 Å². The second-order valence-electron chi connectivity index (χ2n) is 4.80. The van der Waals surface area contributed by atoms with Crippen LogP contribution in [0.4, 0.5) is 5.13 Å². The second kappa shape index (κ2) is 6.73. The van der Waals surface area contributed by atoms with Crippen LogP contribution in [0.15, 0.2) is 0 Å². The van der Waals surface area contributed by atoms with Gasteiger partial charge in [0, 0.05) is 13.6 Å². The Labute approximate surface area is 113 Å². The number of nitrogens with zero attached hydrogens (tertiary/aromatic N) is 2. The number of aromatic carboxylic acids is 1. The highest BCUT2D eigenvalue weighted by Crippen LogP contribution is 2.30. The van der Waals surface area contributed by atoms with Gasteiger partial charge in [0.05, 0.1) is 5.69 Å². The van der Waals surface area contributed by atoms with Crippen LogP contribution in [-0.4, -0.2) is 29.7 Å². The van der Waals surface area contributed by atoms with Gasteiger partial charge < -0.3 is 10.0 Å². The largest absolute Gasteiger partial charge is 0.477 e. The van der Waals surface area contributed by atoms with Crippen molar-refractivity contribution in [1.29, 1.82) is 0 Å². The molecule has 0 amide bonds. The Balaban J connectivity index is 2.83. The summed E-state index contributed by atoms with van der Waals surface area (Å²) in [7, 11) is 1.98. The van der Waals surface area contributed by atoms with Crippen molar-refractivity contribution in [2.75, 3.05) is 18.5 Å². The maximum Gasteiger partial charge on any atom is 0.347 e. The summed E-state index contributed by atoms with van der Waals surface area (Å²) in [6.07, 6.45) is 3.49. The zero-order valence-corrected chi connectivity index (χ0v) is 12.4. The number of carboxylic acid groups (broad SMARTS) is 1. The van der Waals surface area contributed by atoms with E-state index < -0.39 is 5.97 Å². The average molecular weight is 270 g/mol. The number of hydrogen-bond donors (Lipinski definition) is 1. The van der Waals surface area contributed by atoms with Crippen molar-refractivity contribution < 1.29 is 9.90 Å². The molecule has 1 aromatic rings. The molecule has 0 aliphatic carbocycles. The van der Waals surface area contributed by atoms with Gasteiger partial charge in [-0.1, -0.05) is 44.9 Å². The summed E-state index contributed by atoms with van der Waals surface area (Å²) in [6.45, 7) is 7.05. The summed E-state index contributed by atoms with van der Waals surface area (Å²) in [5.74, 6) is -0.727. The summed E-state index contributed by atoms with van der Waals surface area (Å²) < 4.78 is 0. The number of unbranched alkanes of at least 4 members (excludes halogenated alkanes) is 2. The predicted molar refractivity (Wildman–Crippen MR) is 76.0 cm³/mol. The normalized spacial score (nSPS) is 10.9. The lowest BCUT2D eigenvalue weighted by molar-refractivity contribution is 0.0700. The minimum atomic E-state index is -0.871. The Morgan fingerprint density at radius 2 is 2.11 bits per heavy atom. The Hall–Kier alpha value is -1.10. The summed E-state index contributed by atoms with van der Waals surface area (Å²) in [5, 5.41) is 9.99. The predicted octanol–water partition coefficient (Wildman–Crippen LogP) is 3.59. The van der Waals surface area contributed by atoms with E-state index in [1.807, 2.05) is 20.9 Å². The summed E-state index contributed by atoms with van der Waals surface area (Å²) in [5.41, 5.74) is 0.699. The van der Waals surface area contributed by atoms with E-state index in [4.69, 9.17) is 0 Å². The summed E-state index contributed by atoms with van der Waals surface area (Å²) in [4.78, 5) is 18.1. The van der Waals surface area contributed by atoms with Gasteiger partial charge in [0.15, 0.2) is 5.13 Å². The zero-order chi connectivity index (χ0) is 13.7. The summed E-state index contributed by atoms with van der Waals surface area (Å²) in [6, 6.07) is 0. The Morgan fingerprint density at radius 1 is 1.44 bits per heavy atom. The van der Waals surface area contributed by atoms with Crippen LogP contribution in [0.5, 0.6) is 0 Å². The molecule has 18 heavy (non-hydrogen) atoms. The van der Waals surface area contributed by atoms with Crippen LogP contribution in [0.25, 0.3) is 0 Å². The first-order chi connectivity index (χ1) is 8.47. The van der Waals surface area contributed by atoms with E-state index in [2.05, 4.69) is 16.8 Å². The monoisotopic (exact) mass is 270 g/mol. The molecule has 1 heterocycles. The average Bonchev–Trinajstić information content (AvgIpc) is 2.74.